The van der Waals surface area contributed by atoms with Gasteiger partial charge in [-0.3, -0.25) is 0 Å². The average Bonchev–Trinajstić information content (AvgIpc) is 2.19. The summed E-state index contributed by atoms with van der Waals surface area (Å²) in [5.41, 5.74) is 12.4. The lowest BCUT2D eigenvalue weighted by molar-refractivity contribution is 0.0602. The summed E-state index contributed by atoms with van der Waals surface area (Å²) in [7, 11) is 1.27. The number of anilines is 2. The fourth-order valence-corrected chi connectivity index (χ4v) is 1.06. The van der Waals surface area contributed by atoms with Crippen molar-refractivity contribution < 1.29 is 9.53 Å². The molecule has 0 fully saturated rings. The summed E-state index contributed by atoms with van der Waals surface area (Å²) < 4.78 is 4.51. The third-order valence-electron chi connectivity index (χ3n) is 1.82. The molecule has 0 atom stereocenters. The molecule has 1 rings (SSSR count). The van der Waals surface area contributed by atoms with Crippen molar-refractivity contribution in [3.05, 3.63) is 23.3 Å². The van der Waals surface area contributed by atoms with Crippen LogP contribution in [-0.2, 0) is 4.74 Å². The first-order valence-electron chi connectivity index (χ1n) is 3.88. The summed E-state index contributed by atoms with van der Waals surface area (Å²) in [6.45, 7) is 0. The molecule has 0 heterocycles. The lowest BCUT2D eigenvalue weighted by atomic mass is 10.1. The predicted molar refractivity (Wildman–Crippen MR) is 54.5 cm³/mol. The van der Waals surface area contributed by atoms with Crippen molar-refractivity contribution in [1.82, 2.24) is 0 Å². The second-order valence-corrected chi connectivity index (χ2v) is 2.70. The zero-order chi connectivity index (χ0) is 10.7. The minimum Gasteiger partial charge on any atom is -0.465 e. The van der Waals surface area contributed by atoms with E-state index >= 15 is 0 Å². The molecule has 5 N–H and O–H groups in total. The number of nitrogens with one attached hydrogen (secondary N) is 1. The Kier molecular flexibility index (Phi) is 2.71. The summed E-state index contributed by atoms with van der Waals surface area (Å²) in [6.07, 6.45) is 1.08. The molecule has 0 aliphatic heterocycles. The van der Waals surface area contributed by atoms with E-state index in [1.807, 2.05) is 0 Å². The van der Waals surface area contributed by atoms with Gasteiger partial charge in [-0.25, -0.2) is 4.79 Å². The van der Waals surface area contributed by atoms with E-state index in [9.17, 15) is 4.79 Å². The van der Waals surface area contributed by atoms with Gasteiger partial charge in [0.05, 0.1) is 12.7 Å². The Morgan fingerprint density at radius 2 is 2.07 bits per heavy atom. The smallest absolute Gasteiger partial charge is 0.340 e. The Morgan fingerprint density at radius 1 is 1.43 bits per heavy atom. The van der Waals surface area contributed by atoms with Gasteiger partial charge in [-0.15, -0.1) is 0 Å². The van der Waals surface area contributed by atoms with E-state index in [0.29, 0.717) is 11.3 Å². The first-order valence-corrected chi connectivity index (χ1v) is 3.88. The number of hydrogen-bond donors (Lipinski definition) is 3. The third-order valence-corrected chi connectivity index (χ3v) is 1.82. The van der Waals surface area contributed by atoms with Crippen LogP contribution in [0.4, 0.5) is 11.4 Å². The highest BCUT2D eigenvalue weighted by Gasteiger charge is 2.11. The molecule has 5 heteroatoms. The predicted octanol–water partition coefficient (Wildman–Crippen LogP) is 0.635. The molecule has 0 amide bonds. The summed E-state index contributed by atoms with van der Waals surface area (Å²) in [5, 5.41) is 7.03. The summed E-state index contributed by atoms with van der Waals surface area (Å²) in [4.78, 5) is 11.2. The molecule has 0 radical (unpaired) electrons. The number of carbonyl (C=O) groups is 1. The normalized spacial score (nSPS) is 9.50. The van der Waals surface area contributed by atoms with Crippen LogP contribution in [-0.4, -0.2) is 19.3 Å². The molecule has 0 saturated heterocycles. The van der Waals surface area contributed by atoms with Crippen molar-refractivity contribution in [2.75, 3.05) is 18.6 Å². The number of nitrogens with two attached hydrogens (primary N) is 2. The molecule has 0 aromatic heterocycles. The van der Waals surface area contributed by atoms with Crippen LogP contribution in [0.3, 0.4) is 0 Å². The first-order chi connectivity index (χ1) is 6.60. The van der Waals surface area contributed by atoms with Crippen LogP contribution in [0.25, 0.3) is 0 Å². The van der Waals surface area contributed by atoms with E-state index in [1.165, 1.54) is 19.2 Å². The summed E-state index contributed by atoms with van der Waals surface area (Å²) >= 11 is 0. The molecule has 0 aliphatic rings. The maximum absolute atomic E-state index is 11.2. The van der Waals surface area contributed by atoms with Gasteiger partial charge in [0.25, 0.3) is 0 Å². The van der Waals surface area contributed by atoms with E-state index in [0.717, 1.165) is 6.21 Å². The van der Waals surface area contributed by atoms with Crippen molar-refractivity contribution in [3.8, 4) is 0 Å². The van der Waals surface area contributed by atoms with Gasteiger partial charge in [0.1, 0.15) is 0 Å². The van der Waals surface area contributed by atoms with Crippen molar-refractivity contribution in [2.24, 2.45) is 0 Å². The SMILES string of the molecule is COC(=O)c1cc(N)c(C=N)cc1N. The largest absolute Gasteiger partial charge is 0.465 e. The van der Waals surface area contributed by atoms with Crippen molar-refractivity contribution >= 4 is 23.6 Å². The Morgan fingerprint density at radius 3 is 2.57 bits per heavy atom. The average molecular weight is 193 g/mol. The van der Waals surface area contributed by atoms with E-state index < -0.39 is 5.97 Å². The second kappa shape index (κ2) is 3.78. The minimum absolute atomic E-state index is 0.218. The van der Waals surface area contributed by atoms with Gasteiger partial charge in [0, 0.05) is 23.2 Å². The lowest BCUT2D eigenvalue weighted by Gasteiger charge is -2.06. The Labute approximate surface area is 81.2 Å². The molecule has 14 heavy (non-hydrogen) atoms. The minimum atomic E-state index is -0.536. The fourth-order valence-electron chi connectivity index (χ4n) is 1.06. The molecule has 0 spiro atoms. The van der Waals surface area contributed by atoms with E-state index in [2.05, 4.69) is 4.74 Å². The summed E-state index contributed by atoms with van der Waals surface area (Å²) in [5.74, 6) is -0.536. The maximum Gasteiger partial charge on any atom is 0.340 e. The van der Waals surface area contributed by atoms with Crippen LogP contribution in [0.5, 0.6) is 0 Å². The van der Waals surface area contributed by atoms with Crippen LogP contribution < -0.4 is 11.5 Å². The van der Waals surface area contributed by atoms with Crippen LogP contribution >= 0.6 is 0 Å². The first kappa shape index (κ1) is 10.0. The molecule has 0 unspecified atom stereocenters. The van der Waals surface area contributed by atoms with Gasteiger partial charge in [0.15, 0.2) is 0 Å². The quantitative estimate of drug-likeness (QED) is 0.364. The van der Waals surface area contributed by atoms with Crippen LogP contribution in [0.2, 0.25) is 0 Å². The third kappa shape index (κ3) is 1.66. The Hall–Kier alpha value is -2.04. The van der Waals surface area contributed by atoms with Crippen LogP contribution in [0, 0.1) is 5.41 Å². The van der Waals surface area contributed by atoms with Crippen molar-refractivity contribution in [1.29, 1.82) is 5.41 Å². The van der Waals surface area contributed by atoms with Crippen LogP contribution in [0.15, 0.2) is 12.1 Å². The molecule has 0 saturated carbocycles. The number of nitrogen functional groups attached to an aromatic ring is 2. The number of methoxy groups -OCH3 is 1. The zero-order valence-electron chi connectivity index (χ0n) is 7.70. The highest BCUT2D eigenvalue weighted by molar-refractivity contribution is 5.99. The lowest BCUT2D eigenvalue weighted by Crippen LogP contribution is -2.08. The van der Waals surface area contributed by atoms with Crippen LogP contribution in [0.1, 0.15) is 15.9 Å². The van der Waals surface area contributed by atoms with Gasteiger partial charge < -0.3 is 21.6 Å². The number of ether oxygens (including phenoxy) is 1. The number of rotatable bonds is 2. The Balaban J connectivity index is 3.28. The molecule has 0 aliphatic carbocycles. The highest BCUT2D eigenvalue weighted by Crippen LogP contribution is 2.20. The standard InChI is InChI=1S/C9H11N3O2/c1-14-9(13)6-3-7(11)5(4-10)2-8(6)12/h2-4,10H,11-12H2,1H3. The number of carbonyl (C=O) groups excluding carboxylic acids is 1. The second-order valence-electron chi connectivity index (χ2n) is 2.70. The van der Waals surface area contributed by atoms with E-state index in [4.69, 9.17) is 16.9 Å². The van der Waals surface area contributed by atoms with Gasteiger partial charge in [-0.1, -0.05) is 0 Å². The Bertz CT molecular complexity index is 388. The van der Waals surface area contributed by atoms with Crippen molar-refractivity contribution in [2.45, 2.75) is 0 Å². The number of esters is 1. The molecular weight excluding hydrogens is 182 g/mol. The van der Waals surface area contributed by atoms with E-state index in [1.54, 1.807) is 0 Å². The maximum atomic E-state index is 11.2. The molecular formula is C9H11N3O2. The molecule has 1 aromatic carbocycles. The monoisotopic (exact) mass is 193 g/mol. The molecule has 5 nitrogen and oxygen atoms in total. The molecule has 74 valence electrons. The fraction of sp³-hybridized carbons (Fsp3) is 0.111. The number of hydrogen-bond acceptors (Lipinski definition) is 5. The topological polar surface area (TPSA) is 102 Å². The summed E-state index contributed by atoms with van der Waals surface area (Å²) in [6, 6.07) is 2.87. The van der Waals surface area contributed by atoms with E-state index in [-0.39, 0.29) is 11.3 Å². The van der Waals surface area contributed by atoms with Gasteiger partial charge >= 0.3 is 5.97 Å². The zero-order valence-corrected chi connectivity index (χ0v) is 7.70. The van der Waals surface area contributed by atoms with Gasteiger partial charge in [-0.05, 0) is 12.1 Å². The molecule has 1 aromatic rings. The number of benzene rings is 1. The highest BCUT2D eigenvalue weighted by atomic mass is 16.5. The van der Waals surface area contributed by atoms with Crippen molar-refractivity contribution in [3.63, 3.8) is 0 Å². The van der Waals surface area contributed by atoms with Gasteiger partial charge in [-0.2, -0.15) is 0 Å². The van der Waals surface area contributed by atoms with Gasteiger partial charge in [0.2, 0.25) is 0 Å². The molecule has 0 bridgehead atoms.